The van der Waals surface area contributed by atoms with Gasteiger partial charge in [0, 0.05) is 27.4 Å². The second-order valence-corrected chi connectivity index (χ2v) is 11.7. The molecule has 23 heavy (non-hydrogen) atoms. The first-order valence-electron chi connectivity index (χ1n) is 7.45. The van der Waals surface area contributed by atoms with E-state index in [0.717, 1.165) is 5.56 Å². The van der Waals surface area contributed by atoms with Gasteiger partial charge < -0.3 is 13.3 Å². The van der Waals surface area contributed by atoms with Gasteiger partial charge in [-0.25, -0.2) is 0 Å². The molecule has 0 bridgehead atoms. The van der Waals surface area contributed by atoms with E-state index in [1.54, 1.807) is 21.3 Å². The van der Waals surface area contributed by atoms with Gasteiger partial charge in [0.15, 0.2) is 0 Å². The van der Waals surface area contributed by atoms with Gasteiger partial charge in [0.2, 0.25) is 9.04 Å². The monoisotopic (exact) mass is 368 g/mol. The first kappa shape index (κ1) is 20.1. The van der Waals surface area contributed by atoms with Crippen LogP contribution in [-0.4, -0.2) is 38.2 Å². The lowest BCUT2D eigenvalue weighted by molar-refractivity contribution is 0.265. The summed E-state index contributed by atoms with van der Waals surface area (Å²) in [6.45, 7) is 2.18. The van der Waals surface area contributed by atoms with Crippen molar-refractivity contribution in [2.75, 3.05) is 21.3 Å². The first-order valence-corrected chi connectivity index (χ1v) is 12.7. The molecule has 0 N–H and O–H groups in total. The van der Waals surface area contributed by atoms with Crippen LogP contribution < -0.4 is 5.19 Å². The van der Waals surface area contributed by atoms with E-state index in [2.05, 4.69) is 30.8 Å². The van der Waals surface area contributed by atoms with Crippen molar-refractivity contribution in [2.24, 2.45) is 0 Å². The third kappa shape index (κ3) is 7.43. The smallest absolute Gasteiger partial charge is 0.419 e. The zero-order valence-corrected chi connectivity index (χ0v) is 17.1. The van der Waals surface area contributed by atoms with Crippen molar-refractivity contribution in [3.05, 3.63) is 66.2 Å². The van der Waals surface area contributed by atoms with E-state index in [4.69, 9.17) is 24.4 Å². The molecule has 1 atom stereocenters. The fourth-order valence-corrected chi connectivity index (χ4v) is 4.61. The van der Waals surface area contributed by atoms with Crippen LogP contribution in [0.25, 0.3) is 0 Å². The van der Waals surface area contributed by atoms with Crippen molar-refractivity contribution < 1.29 is 13.3 Å². The molecule has 1 unspecified atom stereocenters. The average Bonchev–Trinajstić information content (AvgIpc) is 2.63. The number of benzene rings is 2. The van der Waals surface area contributed by atoms with Crippen molar-refractivity contribution in [1.29, 1.82) is 0 Å². The molecule has 0 aromatic heterocycles. The lowest BCUT2D eigenvalue weighted by atomic mass is 10.2. The first-order chi connectivity index (χ1) is 11.0. The third-order valence-corrected chi connectivity index (χ3v) is 8.90. The van der Waals surface area contributed by atoms with Crippen LogP contribution >= 0.6 is 11.1 Å². The van der Waals surface area contributed by atoms with Gasteiger partial charge in [0.05, 0.1) is 0 Å². The predicted molar refractivity (Wildman–Crippen MR) is 102 cm³/mol. The van der Waals surface area contributed by atoms with Gasteiger partial charge in [-0.2, -0.15) is 0 Å². The summed E-state index contributed by atoms with van der Waals surface area (Å²) in [6.07, 6.45) is 0. The minimum absolute atomic E-state index is 0.669. The van der Waals surface area contributed by atoms with E-state index in [0.29, 0.717) is 6.04 Å². The third-order valence-electron chi connectivity index (χ3n) is 3.49. The largest absolute Gasteiger partial charge is 0.447 e. The molecule has 6 heteroatoms. The summed E-state index contributed by atoms with van der Waals surface area (Å²) in [4.78, 5) is 0. The van der Waals surface area contributed by atoms with Crippen LogP contribution in [0.1, 0.15) is 5.56 Å². The van der Waals surface area contributed by atoms with E-state index in [9.17, 15) is 0 Å². The molecule has 0 heterocycles. The Bertz CT molecular complexity index is 536. The van der Waals surface area contributed by atoms with Gasteiger partial charge in [-0.3, -0.25) is 0 Å². The summed E-state index contributed by atoms with van der Waals surface area (Å²) in [6, 6.07) is 21.0. The van der Waals surface area contributed by atoms with E-state index in [1.807, 2.05) is 36.4 Å². The van der Waals surface area contributed by atoms with Gasteiger partial charge >= 0.3 is 7.87 Å². The molecular formula is C17H25ClO3Si2. The fraction of sp³-hybridized carbons (Fsp3) is 0.294. The summed E-state index contributed by atoms with van der Waals surface area (Å²) < 4.78 is 15.6. The maximum Gasteiger partial charge on any atom is 0.447 e. The molecule has 3 nitrogen and oxygen atoms in total. The van der Waals surface area contributed by atoms with Crippen LogP contribution in [0.2, 0.25) is 6.55 Å². The highest BCUT2D eigenvalue weighted by atomic mass is 35.6. The Morgan fingerprint density at radius 3 is 1.78 bits per heavy atom. The molecule has 2 rings (SSSR count). The second-order valence-electron chi connectivity index (χ2n) is 5.02. The van der Waals surface area contributed by atoms with E-state index in [-0.39, 0.29) is 0 Å². The van der Waals surface area contributed by atoms with Gasteiger partial charge in [-0.15, -0.1) is 0 Å². The Labute approximate surface area is 146 Å². The summed E-state index contributed by atoms with van der Waals surface area (Å²) in [5.74, 6) is 0. The molecule has 126 valence electrons. The summed E-state index contributed by atoms with van der Waals surface area (Å²) in [5.41, 5.74) is 1.15. The molecule has 2 aromatic carbocycles. The molecular weight excluding hydrogens is 344 g/mol. The number of halogens is 1. The quantitative estimate of drug-likeness (QED) is 0.579. The van der Waals surface area contributed by atoms with Gasteiger partial charge in [-0.05, 0) is 17.3 Å². The molecule has 2 aromatic rings. The van der Waals surface area contributed by atoms with Gasteiger partial charge in [0.25, 0.3) is 0 Å². The molecule has 0 radical (unpaired) electrons. The molecule has 0 aliphatic heterocycles. The summed E-state index contributed by atoms with van der Waals surface area (Å²) >= 11 is 6.14. The minimum atomic E-state index is -2.47. The van der Waals surface area contributed by atoms with Crippen molar-refractivity contribution in [3.8, 4) is 0 Å². The maximum atomic E-state index is 6.14. The van der Waals surface area contributed by atoms with Crippen LogP contribution in [0, 0.1) is 0 Å². The highest BCUT2D eigenvalue weighted by molar-refractivity contribution is 7.12. The molecule has 0 aliphatic rings. The van der Waals surface area contributed by atoms with Crippen LogP contribution in [0.4, 0.5) is 0 Å². The number of hydrogen-bond donors (Lipinski definition) is 0. The van der Waals surface area contributed by atoms with Crippen LogP contribution in [0.15, 0.2) is 60.7 Å². The normalized spacial score (nSPS) is 12.2. The summed E-state index contributed by atoms with van der Waals surface area (Å²) in [7, 11) is 1.45. The maximum absolute atomic E-state index is 6.14. The highest BCUT2D eigenvalue weighted by Gasteiger charge is 2.33. The number of rotatable bonds is 6. The zero-order valence-electron chi connectivity index (χ0n) is 14.2. The van der Waals surface area contributed by atoms with Crippen molar-refractivity contribution in [2.45, 2.75) is 12.6 Å². The number of hydrogen-bond acceptors (Lipinski definition) is 3. The van der Waals surface area contributed by atoms with Crippen molar-refractivity contribution in [3.63, 3.8) is 0 Å². The highest BCUT2D eigenvalue weighted by Crippen LogP contribution is 2.17. The SMILES string of the molecule is CO[SiH](C)c1ccccc1.CO[Si](Cl)(Cc1ccccc1)OC. The molecule has 0 saturated carbocycles. The van der Waals surface area contributed by atoms with Crippen molar-refractivity contribution >= 4 is 33.2 Å². The minimum Gasteiger partial charge on any atom is -0.419 e. The Morgan fingerprint density at radius 1 is 0.870 bits per heavy atom. The Kier molecular flexibility index (Phi) is 9.39. The Morgan fingerprint density at radius 2 is 1.35 bits per heavy atom. The predicted octanol–water partition coefficient (Wildman–Crippen LogP) is 3.13. The van der Waals surface area contributed by atoms with Crippen LogP contribution in [0.3, 0.4) is 0 Å². The molecule has 0 saturated heterocycles. The molecule has 0 fully saturated rings. The topological polar surface area (TPSA) is 27.7 Å². The molecule has 0 spiro atoms. The summed E-state index contributed by atoms with van der Waals surface area (Å²) in [5, 5.41) is 1.37. The lowest BCUT2D eigenvalue weighted by Gasteiger charge is -2.19. The molecule has 0 amide bonds. The van der Waals surface area contributed by atoms with E-state index >= 15 is 0 Å². The average molecular weight is 369 g/mol. The lowest BCUT2D eigenvalue weighted by Crippen LogP contribution is -2.36. The Balaban J connectivity index is 0.000000238. The second kappa shape index (κ2) is 10.8. The van der Waals surface area contributed by atoms with Gasteiger partial charge in [0.1, 0.15) is 0 Å². The fourth-order valence-electron chi connectivity index (χ4n) is 1.93. The van der Waals surface area contributed by atoms with Crippen LogP contribution in [0.5, 0.6) is 0 Å². The van der Waals surface area contributed by atoms with Crippen LogP contribution in [-0.2, 0) is 19.3 Å². The Hall–Kier alpha value is -0.956. The standard InChI is InChI=1S/C9H13ClO2Si.C8H12OSi/c1-11-13(10,12-2)8-9-6-4-3-5-7-9;1-9-10(2)8-6-4-3-5-7-8/h3-7H,8H2,1-2H3;3-7,10H,1-2H3. The van der Waals surface area contributed by atoms with E-state index < -0.39 is 16.9 Å². The zero-order chi connectivity index (χ0) is 17.1. The van der Waals surface area contributed by atoms with E-state index in [1.165, 1.54) is 5.19 Å². The van der Waals surface area contributed by atoms with Crippen molar-refractivity contribution in [1.82, 2.24) is 0 Å². The van der Waals surface area contributed by atoms with Gasteiger partial charge in [-0.1, -0.05) is 71.7 Å². The molecule has 0 aliphatic carbocycles.